The standard InChI is InChI=1S/C17H24N2OS/c1-2-9-19-16(20)4-7-17(19)6-3-10-18(11-8-17)13-15-5-12-21-14-15/h2,5,12,14H,1,3-4,6-11,13H2. The van der Waals surface area contributed by atoms with Gasteiger partial charge in [-0.25, -0.2) is 0 Å². The highest BCUT2D eigenvalue weighted by atomic mass is 32.1. The zero-order chi connectivity index (χ0) is 14.7. The van der Waals surface area contributed by atoms with Gasteiger partial charge >= 0.3 is 0 Å². The smallest absolute Gasteiger partial charge is 0.223 e. The fourth-order valence-electron chi connectivity index (χ4n) is 3.85. The minimum Gasteiger partial charge on any atom is -0.333 e. The van der Waals surface area contributed by atoms with E-state index in [1.165, 1.54) is 12.0 Å². The maximum atomic E-state index is 12.2. The van der Waals surface area contributed by atoms with E-state index in [0.29, 0.717) is 12.5 Å². The second-order valence-electron chi connectivity index (χ2n) is 6.28. The van der Waals surface area contributed by atoms with Crippen LogP contribution in [-0.4, -0.2) is 40.9 Å². The number of amides is 1. The van der Waals surface area contributed by atoms with Crippen molar-refractivity contribution in [3.05, 3.63) is 35.0 Å². The highest BCUT2D eigenvalue weighted by Gasteiger charge is 2.44. The molecule has 2 aliphatic rings. The van der Waals surface area contributed by atoms with Gasteiger partial charge in [-0.3, -0.25) is 9.69 Å². The van der Waals surface area contributed by atoms with E-state index in [0.717, 1.165) is 45.3 Å². The van der Waals surface area contributed by atoms with Crippen LogP contribution in [0.1, 0.15) is 37.7 Å². The van der Waals surface area contributed by atoms with Gasteiger partial charge in [-0.15, -0.1) is 6.58 Å². The molecule has 2 fully saturated rings. The molecular formula is C17H24N2OS. The zero-order valence-electron chi connectivity index (χ0n) is 12.6. The van der Waals surface area contributed by atoms with Gasteiger partial charge < -0.3 is 4.90 Å². The van der Waals surface area contributed by atoms with Gasteiger partial charge in [0.05, 0.1) is 0 Å². The lowest BCUT2D eigenvalue weighted by Crippen LogP contribution is -2.46. The third-order valence-corrected chi connectivity index (χ3v) is 5.72. The summed E-state index contributed by atoms with van der Waals surface area (Å²) in [6.07, 6.45) is 7.07. The average Bonchev–Trinajstić information content (AvgIpc) is 3.02. The van der Waals surface area contributed by atoms with Crippen molar-refractivity contribution >= 4 is 17.2 Å². The van der Waals surface area contributed by atoms with E-state index in [1.807, 2.05) is 6.08 Å². The summed E-state index contributed by atoms with van der Waals surface area (Å²) in [6.45, 7) is 7.82. The molecule has 0 aliphatic carbocycles. The van der Waals surface area contributed by atoms with E-state index in [2.05, 4.69) is 33.2 Å². The maximum Gasteiger partial charge on any atom is 0.223 e. The highest BCUT2D eigenvalue weighted by Crippen LogP contribution is 2.39. The van der Waals surface area contributed by atoms with Crippen molar-refractivity contribution in [2.75, 3.05) is 19.6 Å². The van der Waals surface area contributed by atoms with E-state index in [1.54, 1.807) is 11.3 Å². The summed E-state index contributed by atoms with van der Waals surface area (Å²) >= 11 is 1.77. The number of likely N-dealkylation sites (tertiary alicyclic amines) is 2. The molecule has 1 unspecified atom stereocenters. The molecule has 114 valence electrons. The highest BCUT2D eigenvalue weighted by molar-refractivity contribution is 7.07. The van der Waals surface area contributed by atoms with Crippen molar-refractivity contribution < 1.29 is 4.79 Å². The van der Waals surface area contributed by atoms with Crippen LogP contribution in [-0.2, 0) is 11.3 Å². The Balaban J connectivity index is 1.67. The lowest BCUT2D eigenvalue weighted by atomic mass is 9.87. The molecule has 0 radical (unpaired) electrons. The van der Waals surface area contributed by atoms with Crippen molar-refractivity contribution in [2.24, 2.45) is 0 Å². The zero-order valence-corrected chi connectivity index (χ0v) is 13.4. The first-order valence-electron chi connectivity index (χ1n) is 7.88. The summed E-state index contributed by atoms with van der Waals surface area (Å²) in [4.78, 5) is 16.8. The molecule has 0 saturated carbocycles. The molecule has 0 aromatic carbocycles. The molecule has 2 aliphatic heterocycles. The Morgan fingerprint density at radius 2 is 2.24 bits per heavy atom. The van der Waals surface area contributed by atoms with Crippen LogP contribution in [0.2, 0.25) is 0 Å². The molecule has 3 heterocycles. The van der Waals surface area contributed by atoms with Crippen LogP contribution >= 0.6 is 11.3 Å². The van der Waals surface area contributed by atoms with Crippen LogP contribution in [0.4, 0.5) is 0 Å². The summed E-state index contributed by atoms with van der Waals surface area (Å²) in [5.41, 5.74) is 1.52. The van der Waals surface area contributed by atoms with Crippen LogP contribution in [0.15, 0.2) is 29.5 Å². The molecule has 21 heavy (non-hydrogen) atoms. The molecule has 1 aromatic heterocycles. The Hall–Kier alpha value is -1.13. The van der Waals surface area contributed by atoms with E-state index < -0.39 is 0 Å². The van der Waals surface area contributed by atoms with Crippen molar-refractivity contribution in [3.63, 3.8) is 0 Å². The first-order valence-corrected chi connectivity index (χ1v) is 8.83. The van der Waals surface area contributed by atoms with E-state index in [9.17, 15) is 4.79 Å². The third-order valence-electron chi connectivity index (χ3n) is 4.99. The largest absolute Gasteiger partial charge is 0.333 e. The summed E-state index contributed by atoms with van der Waals surface area (Å²) in [7, 11) is 0. The van der Waals surface area contributed by atoms with Crippen LogP contribution in [0.5, 0.6) is 0 Å². The van der Waals surface area contributed by atoms with Gasteiger partial charge in [-0.05, 0) is 54.6 Å². The molecule has 3 nitrogen and oxygen atoms in total. The number of nitrogens with zero attached hydrogens (tertiary/aromatic N) is 2. The van der Waals surface area contributed by atoms with Gasteiger partial charge in [0.2, 0.25) is 5.91 Å². The second kappa shape index (κ2) is 6.32. The summed E-state index contributed by atoms with van der Waals surface area (Å²) < 4.78 is 0. The fourth-order valence-corrected chi connectivity index (χ4v) is 4.51. The second-order valence-corrected chi connectivity index (χ2v) is 7.06. The Kier molecular flexibility index (Phi) is 4.45. The van der Waals surface area contributed by atoms with E-state index in [4.69, 9.17) is 0 Å². The van der Waals surface area contributed by atoms with E-state index >= 15 is 0 Å². The lowest BCUT2D eigenvalue weighted by molar-refractivity contribution is -0.130. The Morgan fingerprint density at radius 3 is 3.00 bits per heavy atom. The number of rotatable bonds is 4. The fraction of sp³-hybridized carbons (Fsp3) is 0.588. The molecule has 1 atom stereocenters. The quantitative estimate of drug-likeness (QED) is 0.797. The van der Waals surface area contributed by atoms with Crippen LogP contribution < -0.4 is 0 Å². The number of hydrogen-bond acceptors (Lipinski definition) is 3. The molecule has 2 saturated heterocycles. The van der Waals surface area contributed by atoms with Gasteiger partial charge in [-0.2, -0.15) is 11.3 Å². The third kappa shape index (κ3) is 3.06. The van der Waals surface area contributed by atoms with Gasteiger partial charge in [-0.1, -0.05) is 6.08 Å². The predicted octanol–water partition coefficient (Wildman–Crippen LogP) is 3.28. The lowest BCUT2D eigenvalue weighted by Gasteiger charge is -2.37. The van der Waals surface area contributed by atoms with Crippen molar-refractivity contribution in [2.45, 2.75) is 44.2 Å². The molecule has 4 heteroatoms. The number of carbonyl (C=O) groups excluding carboxylic acids is 1. The maximum absolute atomic E-state index is 12.2. The molecule has 1 amide bonds. The van der Waals surface area contributed by atoms with E-state index in [-0.39, 0.29) is 5.54 Å². The van der Waals surface area contributed by atoms with Gasteiger partial charge in [0.15, 0.2) is 0 Å². The van der Waals surface area contributed by atoms with Gasteiger partial charge in [0.1, 0.15) is 0 Å². The Labute approximate surface area is 131 Å². The number of carbonyl (C=O) groups is 1. The van der Waals surface area contributed by atoms with Gasteiger partial charge in [0.25, 0.3) is 0 Å². The topological polar surface area (TPSA) is 23.6 Å². The predicted molar refractivity (Wildman–Crippen MR) is 87.3 cm³/mol. The van der Waals surface area contributed by atoms with Crippen LogP contribution in [0.25, 0.3) is 0 Å². The van der Waals surface area contributed by atoms with Crippen LogP contribution in [0.3, 0.4) is 0 Å². The minimum atomic E-state index is 0.106. The van der Waals surface area contributed by atoms with Crippen LogP contribution in [0, 0.1) is 0 Å². The molecular weight excluding hydrogens is 280 g/mol. The first-order chi connectivity index (χ1) is 10.2. The first kappa shape index (κ1) is 14.8. The molecule has 1 aromatic rings. The molecule has 0 bridgehead atoms. The average molecular weight is 304 g/mol. The normalized spacial score (nSPS) is 27.2. The van der Waals surface area contributed by atoms with Crippen molar-refractivity contribution in [1.82, 2.24) is 9.80 Å². The molecule has 0 N–H and O–H groups in total. The Bertz CT molecular complexity index is 499. The molecule has 1 spiro atoms. The summed E-state index contributed by atoms with van der Waals surface area (Å²) in [6, 6.07) is 2.22. The number of hydrogen-bond donors (Lipinski definition) is 0. The summed E-state index contributed by atoms with van der Waals surface area (Å²) in [5.74, 6) is 0.321. The minimum absolute atomic E-state index is 0.106. The summed E-state index contributed by atoms with van der Waals surface area (Å²) in [5, 5.41) is 4.39. The molecule has 3 rings (SSSR count). The SMILES string of the molecule is C=CCN1C(=O)CCC12CCCN(Cc1ccsc1)CC2. The number of thiophene rings is 1. The van der Waals surface area contributed by atoms with Gasteiger partial charge in [0, 0.05) is 31.6 Å². The monoisotopic (exact) mass is 304 g/mol. The Morgan fingerprint density at radius 1 is 1.33 bits per heavy atom. The van der Waals surface area contributed by atoms with Crippen molar-refractivity contribution in [3.8, 4) is 0 Å². The van der Waals surface area contributed by atoms with Crippen molar-refractivity contribution in [1.29, 1.82) is 0 Å².